The Hall–Kier alpha value is -1.83. The maximum absolute atomic E-state index is 9.31. The first-order valence-corrected chi connectivity index (χ1v) is 6.09. The van der Waals surface area contributed by atoms with E-state index in [0.29, 0.717) is 17.7 Å². The summed E-state index contributed by atoms with van der Waals surface area (Å²) < 4.78 is 2.29. The largest absolute Gasteiger partial charge is 0.508 e. The van der Waals surface area contributed by atoms with Crippen LogP contribution in [0.5, 0.6) is 5.75 Å². The lowest BCUT2D eigenvalue weighted by atomic mass is 9.75. The number of nitrogens with zero attached hydrogens (tertiary/aromatic N) is 1. The summed E-state index contributed by atoms with van der Waals surface area (Å²) in [6, 6.07) is 14.4. The van der Waals surface area contributed by atoms with Gasteiger partial charge in [0.15, 0.2) is 18.4 Å². The highest BCUT2D eigenvalue weighted by Gasteiger charge is 2.38. The molecular formula is C15H16NO+. The van der Waals surface area contributed by atoms with E-state index in [9.17, 15) is 5.11 Å². The second-order valence-electron chi connectivity index (χ2n) is 4.67. The minimum Gasteiger partial charge on any atom is -0.508 e. The zero-order valence-corrected chi connectivity index (χ0v) is 9.66. The molecule has 1 saturated carbocycles. The molecule has 0 saturated heterocycles. The highest BCUT2D eigenvalue weighted by atomic mass is 16.3. The van der Waals surface area contributed by atoms with Crippen LogP contribution in [0.1, 0.15) is 30.4 Å². The van der Waals surface area contributed by atoms with Gasteiger partial charge < -0.3 is 5.11 Å². The molecule has 1 aliphatic carbocycles. The molecular weight excluding hydrogens is 210 g/mol. The van der Waals surface area contributed by atoms with Crippen LogP contribution in [0.4, 0.5) is 0 Å². The van der Waals surface area contributed by atoms with Crippen molar-refractivity contribution >= 4 is 0 Å². The Bertz CT molecular complexity index is 492. The van der Waals surface area contributed by atoms with Crippen LogP contribution in [0, 0.1) is 0 Å². The van der Waals surface area contributed by atoms with Gasteiger partial charge in [0.05, 0.1) is 0 Å². The van der Waals surface area contributed by atoms with Gasteiger partial charge in [-0.25, -0.2) is 4.57 Å². The Kier molecular flexibility index (Phi) is 2.56. The van der Waals surface area contributed by atoms with Gasteiger partial charge in [-0.2, -0.15) is 0 Å². The number of benzene rings is 1. The highest BCUT2D eigenvalue weighted by Crippen LogP contribution is 2.42. The van der Waals surface area contributed by atoms with E-state index in [1.807, 2.05) is 18.2 Å². The van der Waals surface area contributed by atoms with Gasteiger partial charge in [0.1, 0.15) is 5.75 Å². The number of phenols is 1. The molecule has 2 atom stereocenters. The molecule has 3 rings (SSSR count). The third-order valence-electron chi connectivity index (χ3n) is 3.68. The Morgan fingerprint density at radius 3 is 2.24 bits per heavy atom. The van der Waals surface area contributed by atoms with Crippen molar-refractivity contribution in [1.82, 2.24) is 0 Å². The summed E-state index contributed by atoms with van der Waals surface area (Å²) in [7, 11) is 0. The van der Waals surface area contributed by atoms with Gasteiger partial charge >= 0.3 is 0 Å². The summed E-state index contributed by atoms with van der Waals surface area (Å²) in [5.74, 6) is 0.931. The molecule has 1 N–H and O–H groups in total. The molecule has 2 heteroatoms. The first kappa shape index (κ1) is 10.3. The van der Waals surface area contributed by atoms with Crippen LogP contribution in [0.2, 0.25) is 0 Å². The SMILES string of the molecule is Oc1ccc([C@H]2CC[C@@H]2[n+]2ccccc2)cc1. The smallest absolute Gasteiger partial charge is 0.169 e. The molecule has 1 heterocycles. The Morgan fingerprint density at radius 2 is 1.65 bits per heavy atom. The standard InChI is InChI=1S/C15H15NO/c17-13-6-4-12(5-7-13)14-8-9-15(14)16-10-2-1-3-11-16/h1-7,10-11,14-15H,8-9H2/p+1/t14-,15+/m1/s1. The van der Waals surface area contributed by atoms with Crippen molar-refractivity contribution in [1.29, 1.82) is 0 Å². The molecule has 1 fully saturated rings. The lowest BCUT2D eigenvalue weighted by molar-refractivity contribution is -0.736. The quantitative estimate of drug-likeness (QED) is 0.782. The zero-order valence-electron chi connectivity index (χ0n) is 9.66. The molecule has 2 aromatic rings. The zero-order chi connectivity index (χ0) is 11.7. The lowest BCUT2D eigenvalue weighted by Crippen LogP contribution is -2.46. The average Bonchev–Trinajstić information content (AvgIpc) is 2.32. The summed E-state index contributed by atoms with van der Waals surface area (Å²) in [5.41, 5.74) is 1.33. The third kappa shape index (κ3) is 1.91. The second kappa shape index (κ2) is 4.21. The van der Waals surface area contributed by atoms with Gasteiger partial charge in [-0.15, -0.1) is 0 Å². The molecule has 1 aliphatic rings. The summed E-state index contributed by atoms with van der Waals surface area (Å²) in [4.78, 5) is 0. The Labute approximate surface area is 101 Å². The number of hydrogen-bond donors (Lipinski definition) is 1. The summed E-state index contributed by atoms with van der Waals surface area (Å²) >= 11 is 0. The van der Waals surface area contributed by atoms with Crippen LogP contribution in [-0.2, 0) is 0 Å². The fourth-order valence-electron chi connectivity index (χ4n) is 2.58. The van der Waals surface area contributed by atoms with E-state index in [4.69, 9.17) is 0 Å². The maximum Gasteiger partial charge on any atom is 0.169 e. The van der Waals surface area contributed by atoms with Gasteiger partial charge in [0.2, 0.25) is 0 Å². The fourth-order valence-corrected chi connectivity index (χ4v) is 2.58. The Balaban J connectivity index is 1.84. The van der Waals surface area contributed by atoms with Crippen LogP contribution in [0.15, 0.2) is 54.9 Å². The molecule has 17 heavy (non-hydrogen) atoms. The Morgan fingerprint density at radius 1 is 0.941 bits per heavy atom. The molecule has 0 unspecified atom stereocenters. The number of aromatic nitrogens is 1. The molecule has 0 aliphatic heterocycles. The van der Waals surface area contributed by atoms with Gasteiger partial charge in [0, 0.05) is 24.5 Å². The van der Waals surface area contributed by atoms with E-state index in [0.717, 1.165) is 0 Å². The molecule has 0 bridgehead atoms. The predicted octanol–water partition coefficient (Wildman–Crippen LogP) is 2.80. The van der Waals surface area contributed by atoms with Crippen LogP contribution < -0.4 is 4.57 Å². The topological polar surface area (TPSA) is 24.1 Å². The predicted molar refractivity (Wildman–Crippen MR) is 65.8 cm³/mol. The third-order valence-corrected chi connectivity index (χ3v) is 3.68. The van der Waals surface area contributed by atoms with E-state index in [1.165, 1.54) is 18.4 Å². The molecule has 2 nitrogen and oxygen atoms in total. The molecule has 1 aromatic carbocycles. The summed E-state index contributed by atoms with van der Waals surface area (Å²) in [6.07, 6.45) is 6.74. The first-order valence-electron chi connectivity index (χ1n) is 6.09. The van der Waals surface area contributed by atoms with Gasteiger partial charge in [-0.1, -0.05) is 18.2 Å². The van der Waals surface area contributed by atoms with E-state index in [-0.39, 0.29) is 0 Å². The summed E-state index contributed by atoms with van der Waals surface area (Å²) in [5, 5.41) is 9.31. The normalized spacial score (nSPS) is 23.1. The van der Waals surface area contributed by atoms with Crippen molar-refractivity contribution < 1.29 is 9.67 Å². The minimum absolute atomic E-state index is 0.344. The van der Waals surface area contributed by atoms with Crippen molar-refractivity contribution in [3.63, 3.8) is 0 Å². The van der Waals surface area contributed by atoms with E-state index in [1.54, 1.807) is 12.1 Å². The van der Waals surface area contributed by atoms with Crippen LogP contribution in [0.25, 0.3) is 0 Å². The van der Waals surface area contributed by atoms with Gasteiger partial charge in [-0.05, 0) is 24.1 Å². The molecule has 86 valence electrons. The van der Waals surface area contributed by atoms with Gasteiger partial charge in [0.25, 0.3) is 0 Å². The molecule has 0 spiro atoms. The van der Waals surface area contributed by atoms with E-state index >= 15 is 0 Å². The monoisotopic (exact) mass is 226 g/mol. The number of aromatic hydroxyl groups is 1. The van der Waals surface area contributed by atoms with Crippen molar-refractivity contribution in [3.8, 4) is 5.75 Å². The molecule has 0 radical (unpaired) electrons. The fraction of sp³-hybridized carbons (Fsp3) is 0.267. The number of pyridine rings is 1. The van der Waals surface area contributed by atoms with Crippen LogP contribution >= 0.6 is 0 Å². The average molecular weight is 226 g/mol. The van der Waals surface area contributed by atoms with Crippen molar-refractivity contribution in [2.45, 2.75) is 24.8 Å². The molecule has 1 aromatic heterocycles. The maximum atomic E-state index is 9.31. The van der Waals surface area contributed by atoms with Crippen molar-refractivity contribution in [2.24, 2.45) is 0 Å². The van der Waals surface area contributed by atoms with Gasteiger partial charge in [-0.3, -0.25) is 0 Å². The minimum atomic E-state index is 0.344. The van der Waals surface area contributed by atoms with Crippen LogP contribution in [0.3, 0.4) is 0 Å². The van der Waals surface area contributed by atoms with E-state index < -0.39 is 0 Å². The van der Waals surface area contributed by atoms with E-state index in [2.05, 4.69) is 29.1 Å². The number of phenolic OH excluding ortho intramolecular Hbond substituents is 1. The van der Waals surface area contributed by atoms with Crippen molar-refractivity contribution in [3.05, 3.63) is 60.4 Å². The number of rotatable bonds is 2. The van der Waals surface area contributed by atoms with Crippen LogP contribution in [-0.4, -0.2) is 5.11 Å². The molecule has 0 amide bonds. The first-order chi connectivity index (χ1) is 8.34. The second-order valence-corrected chi connectivity index (χ2v) is 4.67. The number of hydrogen-bond acceptors (Lipinski definition) is 1. The summed E-state index contributed by atoms with van der Waals surface area (Å²) in [6.45, 7) is 0. The van der Waals surface area contributed by atoms with Crippen molar-refractivity contribution in [2.75, 3.05) is 0 Å². The highest BCUT2D eigenvalue weighted by molar-refractivity contribution is 5.29. The lowest BCUT2D eigenvalue weighted by Gasteiger charge is -2.32.